The molecule has 4 heteroatoms. The Balaban J connectivity index is 0.00000156. The molecular weight excluding hydrogens is 306 g/mol. The van der Waals surface area contributed by atoms with Gasteiger partial charge >= 0.3 is 0 Å². The van der Waals surface area contributed by atoms with Gasteiger partial charge in [-0.1, -0.05) is 30.3 Å². The molecule has 0 amide bonds. The van der Waals surface area contributed by atoms with E-state index in [4.69, 9.17) is 4.99 Å². The van der Waals surface area contributed by atoms with Crippen molar-refractivity contribution in [2.24, 2.45) is 4.99 Å². The van der Waals surface area contributed by atoms with Crippen molar-refractivity contribution in [2.75, 3.05) is 22.9 Å². The maximum absolute atomic E-state index is 4.81. The van der Waals surface area contributed by atoms with Gasteiger partial charge in [-0.05, 0) is 49.1 Å². The van der Waals surface area contributed by atoms with Crippen LogP contribution in [0, 0.1) is 13.8 Å². The number of fused-ring (bicyclic) bond motifs is 3. The summed E-state index contributed by atoms with van der Waals surface area (Å²) in [6.07, 6.45) is 1.13. The number of nitrogens with zero attached hydrogens (tertiary/aromatic N) is 3. The molecule has 0 unspecified atom stereocenters. The molecule has 2 aliphatic heterocycles. The number of hydrogen-bond donors (Lipinski definition) is 0. The number of hydrogen-bond acceptors (Lipinski definition) is 3. The molecule has 0 spiro atoms. The summed E-state index contributed by atoms with van der Waals surface area (Å²) in [5.74, 6) is 1.12. The zero-order valence-electron chi connectivity index (χ0n) is 13.6. The fourth-order valence-electron chi connectivity index (χ4n) is 3.30. The number of anilines is 2. The monoisotopic (exact) mass is 326 g/mol. The molecule has 0 bridgehead atoms. The summed E-state index contributed by atoms with van der Waals surface area (Å²) in [6, 6.07) is 15.3. The third-order valence-corrected chi connectivity index (χ3v) is 4.63. The Bertz CT molecular complexity index is 740. The average Bonchev–Trinajstić information content (AvgIpc) is 2.83. The van der Waals surface area contributed by atoms with Crippen molar-refractivity contribution in [3.05, 3.63) is 59.2 Å². The summed E-state index contributed by atoms with van der Waals surface area (Å²) in [5, 5.41) is 0. The molecule has 0 N–H and O–H groups in total. The number of benzene rings is 2. The van der Waals surface area contributed by atoms with Gasteiger partial charge in [-0.15, -0.1) is 0 Å². The summed E-state index contributed by atoms with van der Waals surface area (Å²) in [6.45, 7) is 7.26. The van der Waals surface area contributed by atoms with Crippen molar-refractivity contribution in [3.8, 4) is 0 Å². The molecule has 2 heterocycles. The van der Waals surface area contributed by atoms with E-state index >= 15 is 0 Å². The normalized spacial score (nSPS) is 15.7. The summed E-state index contributed by atoms with van der Waals surface area (Å²) in [4.78, 5) is 9.57. The third kappa shape index (κ3) is 2.70. The minimum Gasteiger partial charge on any atom is -1.00 e. The summed E-state index contributed by atoms with van der Waals surface area (Å²) in [7, 11) is 0. The van der Waals surface area contributed by atoms with Crippen molar-refractivity contribution >= 4 is 17.3 Å². The lowest BCUT2D eigenvalue weighted by atomic mass is 10.1. The summed E-state index contributed by atoms with van der Waals surface area (Å²) in [5.41, 5.74) is 6.63. The standard InChI is InChI=1S/C19H21N3.ClH/c1-14-11-17-18(12-15(14)2)22(13-16-7-4-3-5-8-16)19-20-9-6-10-21(17)19;/h3-5,7-8,11-12H,6,9-10,13H2,1-2H3;1H/p-1. The van der Waals surface area contributed by atoms with Crippen molar-refractivity contribution in [2.45, 2.75) is 26.8 Å². The molecule has 3 nitrogen and oxygen atoms in total. The molecule has 120 valence electrons. The average molecular weight is 327 g/mol. The molecule has 0 saturated carbocycles. The van der Waals surface area contributed by atoms with Gasteiger partial charge in [-0.25, -0.2) is 0 Å². The van der Waals surface area contributed by atoms with Gasteiger partial charge in [-0.3, -0.25) is 4.99 Å². The van der Waals surface area contributed by atoms with Crippen molar-refractivity contribution < 1.29 is 12.4 Å². The molecule has 0 atom stereocenters. The first-order valence-electron chi connectivity index (χ1n) is 7.99. The molecular formula is C19H21ClN3-. The van der Waals surface area contributed by atoms with Gasteiger partial charge in [0.1, 0.15) is 0 Å². The topological polar surface area (TPSA) is 18.8 Å². The molecule has 0 saturated heterocycles. The maximum atomic E-state index is 4.81. The number of aryl methyl sites for hydroxylation is 2. The Morgan fingerprint density at radius 1 is 1.00 bits per heavy atom. The second-order valence-corrected chi connectivity index (χ2v) is 6.18. The van der Waals surface area contributed by atoms with E-state index in [9.17, 15) is 0 Å². The lowest BCUT2D eigenvalue weighted by molar-refractivity contribution is -0.00000448. The predicted molar refractivity (Wildman–Crippen MR) is 92.8 cm³/mol. The number of rotatable bonds is 2. The van der Waals surface area contributed by atoms with Gasteiger partial charge in [0.25, 0.3) is 0 Å². The Morgan fingerprint density at radius 2 is 1.70 bits per heavy atom. The Kier molecular flexibility index (Phi) is 4.31. The minimum atomic E-state index is 0. The van der Waals surface area contributed by atoms with Crippen molar-refractivity contribution in [1.29, 1.82) is 0 Å². The quantitative estimate of drug-likeness (QED) is 0.816. The molecule has 2 aromatic carbocycles. The van der Waals surface area contributed by atoms with Crippen molar-refractivity contribution in [1.82, 2.24) is 0 Å². The zero-order valence-corrected chi connectivity index (χ0v) is 14.3. The van der Waals surface area contributed by atoms with E-state index in [1.165, 1.54) is 28.1 Å². The second-order valence-electron chi connectivity index (χ2n) is 6.18. The van der Waals surface area contributed by atoms with E-state index in [2.05, 4.69) is 66.1 Å². The molecule has 23 heavy (non-hydrogen) atoms. The molecule has 0 aliphatic carbocycles. The van der Waals surface area contributed by atoms with E-state index in [0.29, 0.717) is 0 Å². The fourth-order valence-corrected chi connectivity index (χ4v) is 3.30. The first-order chi connectivity index (χ1) is 10.7. The van der Waals surface area contributed by atoms with Crippen LogP contribution in [0.15, 0.2) is 47.5 Å². The van der Waals surface area contributed by atoms with Gasteiger partial charge in [0, 0.05) is 13.1 Å². The largest absolute Gasteiger partial charge is 1.00 e. The maximum Gasteiger partial charge on any atom is 0.206 e. The van der Waals surface area contributed by atoms with Gasteiger partial charge in [0.15, 0.2) is 0 Å². The zero-order chi connectivity index (χ0) is 15.1. The molecule has 2 aliphatic rings. The lowest BCUT2D eigenvalue weighted by Crippen LogP contribution is -3.00. The highest BCUT2D eigenvalue weighted by molar-refractivity contribution is 6.16. The molecule has 4 rings (SSSR count). The van der Waals surface area contributed by atoms with E-state index in [0.717, 1.165) is 32.0 Å². The molecule has 0 aromatic heterocycles. The first kappa shape index (κ1) is 15.9. The van der Waals surface area contributed by atoms with Gasteiger partial charge < -0.3 is 22.2 Å². The third-order valence-electron chi connectivity index (χ3n) is 4.63. The summed E-state index contributed by atoms with van der Waals surface area (Å²) < 4.78 is 0. The number of aliphatic imine (C=N–C) groups is 1. The van der Waals surface area contributed by atoms with E-state index in [-0.39, 0.29) is 12.4 Å². The van der Waals surface area contributed by atoms with Crippen LogP contribution in [0.2, 0.25) is 0 Å². The molecule has 0 radical (unpaired) electrons. The van der Waals surface area contributed by atoms with Crippen molar-refractivity contribution in [3.63, 3.8) is 0 Å². The van der Waals surface area contributed by atoms with Gasteiger partial charge in [0.2, 0.25) is 5.96 Å². The number of guanidine groups is 1. The molecule has 0 fully saturated rings. The fraction of sp³-hybridized carbons (Fsp3) is 0.316. The van der Waals surface area contributed by atoms with Crippen LogP contribution >= 0.6 is 0 Å². The smallest absolute Gasteiger partial charge is 0.206 e. The second kappa shape index (κ2) is 6.25. The van der Waals surface area contributed by atoms with Crippen LogP contribution in [0.5, 0.6) is 0 Å². The van der Waals surface area contributed by atoms with Crippen LogP contribution in [-0.2, 0) is 6.54 Å². The van der Waals surface area contributed by atoms with Gasteiger partial charge in [0.05, 0.1) is 17.9 Å². The highest BCUT2D eigenvalue weighted by Crippen LogP contribution is 2.41. The van der Waals surface area contributed by atoms with Crippen LogP contribution in [0.3, 0.4) is 0 Å². The first-order valence-corrected chi connectivity index (χ1v) is 7.99. The van der Waals surface area contributed by atoms with Crippen LogP contribution in [0.1, 0.15) is 23.1 Å². The van der Waals surface area contributed by atoms with Crippen LogP contribution in [0.4, 0.5) is 11.4 Å². The highest BCUT2D eigenvalue weighted by atomic mass is 35.5. The van der Waals surface area contributed by atoms with Crippen LogP contribution in [0.25, 0.3) is 0 Å². The Hall–Kier alpha value is -2.00. The number of halogens is 1. The predicted octanol–water partition coefficient (Wildman–Crippen LogP) is 0.894. The van der Waals surface area contributed by atoms with E-state index in [1.54, 1.807) is 0 Å². The van der Waals surface area contributed by atoms with Gasteiger partial charge in [-0.2, -0.15) is 0 Å². The van der Waals surface area contributed by atoms with Crippen LogP contribution < -0.4 is 22.2 Å². The van der Waals surface area contributed by atoms with E-state index < -0.39 is 0 Å². The van der Waals surface area contributed by atoms with Crippen LogP contribution in [-0.4, -0.2) is 19.0 Å². The molecule has 2 aromatic rings. The lowest BCUT2D eigenvalue weighted by Gasteiger charge is -2.26. The van der Waals surface area contributed by atoms with E-state index in [1.807, 2.05) is 0 Å². The minimum absolute atomic E-state index is 0. The Morgan fingerprint density at radius 3 is 2.43 bits per heavy atom. The summed E-state index contributed by atoms with van der Waals surface area (Å²) >= 11 is 0. The Labute approximate surface area is 144 Å². The SMILES string of the molecule is Cc1cc2c(cc1C)N(Cc1ccccc1)C1=NCCCN12.[Cl-]. The highest BCUT2D eigenvalue weighted by Gasteiger charge is 2.34.